The van der Waals surface area contributed by atoms with Crippen LogP contribution < -0.4 is 10.2 Å². The van der Waals surface area contributed by atoms with Gasteiger partial charge in [0.2, 0.25) is 0 Å². The number of nitrogens with one attached hydrogen (secondary N) is 1. The van der Waals surface area contributed by atoms with Crippen LogP contribution in [0.4, 0.5) is 5.69 Å². The third kappa shape index (κ3) is 2.85. The smallest absolute Gasteiger partial charge is 0.0398 e. The lowest BCUT2D eigenvalue weighted by atomic mass is 9.77. The van der Waals surface area contributed by atoms with Crippen LogP contribution >= 0.6 is 0 Å². The summed E-state index contributed by atoms with van der Waals surface area (Å²) in [6.07, 6.45) is 7.94. The Hall–Kier alpha value is -1.02. The molecule has 1 aromatic carbocycles. The van der Waals surface area contributed by atoms with Crippen LogP contribution in [0.3, 0.4) is 0 Å². The Morgan fingerprint density at radius 2 is 2.10 bits per heavy atom. The standard InChI is InChI=1S/C18H28N2/c1-2-18(11-7-12-19-14-18)15-20-13-6-5-9-16-8-3-4-10-17(16)20/h3-4,8,10,19H,2,5-7,9,11-15H2,1H3. The Morgan fingerprint density at radius 3 is 2.90 bits per heavy atom. The van der Waals surface area contributed by atoms with E-state index < -0.39 is 0 Å². The van der Waals surface area contributed by atoms with Gasteiger partial charge in [0.05, 0.1) is 0 Å². The van der Waals surface area contributed by atoms with Crippen LogP contribution in [0.15, 0.2) is 24.3 Å². The summed E-state index contributed by atoms with van der Waals surface area (Å²) in [7, 11) is 0. The Balaban J connectivity index is 1.82. The van der Waals surface area contributed by atoms with Gasteiger partial charge in [-0.05, 0) is 56.7 Å². The lowest BCUT2D eigenvalue weighted by Gasteiger charge is -2.42. The van der Waals surface area contributed by atoms with Gasteiger partial charge in [-0.2, -0.15) is 0 Å². The zero-order chi connectivity index (χ0) is 13.8. The molecule has 1 aromatic rings. The van der Waals surface area contributed by atoms with Gasteiger partial charge < -0.3 is 10.2 Å². The Bertz CT molecular complexity index is 435. The van der Waals surface area contributed by atoms with Crippen molar-refractivity contribution in [2.45, 2.75) is 45.4 Å². The highest BCUT2D eigenvalue weighted by Crippen LogP contribution is 2.35. The number of hydrogen-bond acceptors (Lipinski definition) is 2. The number of rotatable bonds is 3. The zero-order valence-electron chi connectivity index (χ0n) is 12.8. The highest BCUT2D eigenvalue weighted by atomic mass is 15.1. The molecule has 1 N–H and O–H groups in total. The minimum absolute atomic E-state index is 0.482. The lowest BCUT2D eigenvalue weighted by Crippen LogP contribution is -2.47. The van der Waals surface area contributed by atoms with Crippen molar-refractivity contribution in [1.82, 2.24) is 5.32 Å². The van der Waals surface area contributed by atoms with Gasteiger partial charge in [-0.25, -0.2) is 0 Å². The molecule has 0 spiro atoms. The number of fused-ring (bicyclic) bond motifs is 1. The third-order valence-electron chi connectivity index (χ3n) is 5.29. The largest absolute Gasteiger partial charge is 0.371 e. The molecule has 1 fully saturated rings. The fourth-order valence-electron chi connectivity index (χ4n) is 3.92. The highest BCUT2D eigenvalue weighted by molar-refractivity contribution is 5.54. The molecule has 2 heterocycles. The summed E-state index contributed by atoms with van der Waals surface area (Å²) in [4.78, 5) is 2.68. The van der Waals surface area contributed by atoms with Crippen molar-refractivity contribution in [3.63, 3.8) is 0 Å². The zero-order valence-corrected chi connectivity index (χ0v) is 12.8. The molecule has 2 heteroatoms. The van der Waals surface area contributed by atoms with Crippen LogP contribution in [-0.4, -0.2) is 26.2 Å². The molecule has 0 radical (unpaired) electrons. The van der Waals surface area contributed by atoms with Crippen molar-refractivity contribution in [3.05, 3.63) is 29.8 Å². The van der Waals surface area contributed by atoms with Crippen LogP contribution in [0.25, 0.3) is 0 Å². The average Bonchev–Trinajstić information content (AvgIpc) is 2.71. The summed E-state index contributed by atoms with van der Waals surface area (Å²) in [5.74, 6) is 0. The number of aryl methyl sites for hydroxylation is 1. The fraction of sp³-hybridized carbons (Fsp3) is 0.667. The molecular formula is C18H28N2. The van der Waals surface area contributed by atoms with E-state index in [0.717, 1.165) is 0 Å². The van der Waals surface area contributed by atoms with E-state index in [9.17, 15) is 0 Å². The maximum absolute atomic E-state index is 3.63. The van der Waals surface area contributed by atoms with Crippen LogP contribution in [0, 0.1) is 5.41 Å². The van der Waals surface area contributed by atoms with E-state index in [4.69, 9.17) is 0 Å². The monoisotopic (exact) mass is 272 g/mol. The normalized spacial score (nSPS) is 26.9. The predicted octanol–water partition coefficient (Wildman–Crippen LogP) is 3.61. The Morgan fingerprint density at radius 1 is 1.20 bits per heavy atom. The molecule has 0 bridgehead atoms. The van der Waals surface area contributed by atoms with Gasteiger partial charge in [-0.1, -0.05) is 25.1 Å². The first-order valence-corrected chi connectivity index (χ1v) is 8.37. The second kappa shape index (κ2) is 6.17. The molecule has 3 rings (SSSR count). The van der Waals surface area contributed by atoms with Gasteiger partial charge >= 0.3 is 0 Å². The first kappa shape index (κ1) is 13.9. The Kier molecular flexibility index (Phi) is 4.30. The maximum Gasteiger partial charge on any atom is 0.0398 e. The molecule has 2 aliphatic rings. The highest BCUT2D eigenvalue weighted by Gasteiger charge is 2.33. The third-order valence-corrected chi connectivity index (χ3v) is 5.29. The van der Waals surface area contributed by atoms with E-state index in [1.54, 1.807) is 5.56 Å². The summed E-state index contributed by atoms with van der Waals surface area (Å²) >= 11 is 0. The second-order valence-corrected chi connectivity index (χ2v) is 6.64. The minimum atomic E-state index is 0.482. The van der Waals surface area contributed by atoms with Crippen molar-refractivity contribution in [3.8, 4) is 0 Å². The van der Waals surface area contributed by atoms with E-state index >= 15 is 0 Å². The summed E-state index contributed by atoms with van der Waals surface area (Å²) in [5.41, 5.74) is 3.54. The molecule has 2 aliphatic heterocycles. The number of hydrogen-bond donors (Lipinski definition) is 1. The first-order chi connectivity index (χ1) is 9.83. The number of anilines is 1. The van der Waals surface area contributed by atoms with Crippen molar-refractivity contribution >= 4 is 5.69 Å². The van der Waals surface area contributed by atoms with Crippen LogP contribution in [0.5, 0.6) is 0 Å². The first-order valence-electron chi connectivity index (χ1n) is 8.37. The molecule has 0 aromatic heterocycles. The van der Waals surface area contributed by atoms with Gasteiger partial charge in [-0.3, -0.25) is 0 Å². The van der Waals surface area contributed by atoms with Gasteiger partial charge in [0.15, 0.2) is 0 Å². The Labute approximate surface area is 123 Å². The van der Waals surface area contributed by atoms with E-state index in [2.05, 4.69) is 41.4 Å². The summed E-state index contributed by atoms with van der Waals surface area (Å²) in [6.45, 7) is 7.24. The molecule has 110 valence electrons. The van der Waals surface area contributed by atoms with Crippen LogP contribution in [0.2, 0.25) is 0 Å². The molecule has 1 atom stereocenters. The summed E-state index contributed by atoms with van der Waals surface area (Å²) in [6, 6.07) is 9.06. The quantitative estimate of drug-likeness (QED) is 0.904. The average molecular weight is 272 g/mol. The SMILES string of the molecule is CCC1(CN2CCCCc3ccccc32)CCCNC1. The van der Waals surface area contributed by atoms with E-state index in [1.165, 1.54) is 70.4 Å². The van der Waals surface area contributed by atoms with Gasteiger partial charge in [0.25, 0.3) is 0 Å². The van der Waals surface area contributed by atoms with Crippen molar-refractivity contribution in [1.29, 1.82) is 0 Å². The van der Waals surface area contributed by atoms with E-state index in [1.807, 2.05) is 0 Å². The second-order valence-electron chi connectivity index (χ2n) is 6.64. The summed E-state index contributed by atoms with van der Waals surface area (Å²) < 4.78 is 0. The number of nitrogens with zero attached hydrogens (tertiary/aromatic N) is 1. The van der Waals surface area contributed by atoms with Crippen molar-refractivity contribution < 1.29 is 0 Å². The molecule has 1 saturated heterocycles. The lowest BCUT2D eigenvalue weighted by molar-refractivity contribution is 0.205. The summed E-state index contributed by atoms with van der Waals surface area (Å²) in [5, 5.41) is 3.63. The number of para-hydroxylation sites is 1. The van der Waals surface area contributed by atoms with Crippen molar-refractivity contribution in [2.24, 2.45) is 5.41 Å². The van der Waals surface area contributed by atoms with Crippen molar-refractivity contribution in [2.75, 3.05) is 31.1 Å². The van der Waals surface area contributed by atoms with Crippen LogP contribution in [-0.2, 0) is 6.42 Å². The molecule has 2 nitrogen and oxygen atoms in total. The topological polar surface area (TPSA) is 15.3 Å². The minimum Gasteiger partial charge on any atom is -0.371 e. The molecule has 0 saturated carbocycles. The van der Waals surface area contributed by atoms with E-state index in [-0.39, 0.29) is 0 Å². The van der Waals surface area contributed by atoms with E-state index in [0.29, 0.717) is 5.41 Å². The molecular weight excluding hydrogens is 244 g/mol. The molecule has 0 aliphatic carbocycles. The molecule has 20 heavy (non-hydrogen) atoms. The van der Waals surface area contributed by atoms with Gasteiger partial charge in [0.1, 0.15) is 0 Å². The number of piperidine rings is 1. The maximum atomic E-state index is 3.63. The van der Waals surface area contributed by atoms with Crippen LogP contribution in [0.1, 0.15) is 44.6 Å². The predicted molar refractivity (Wildman–Crippen MR) is 86.4 cm³/mol. The van der Waals surface area contributed by atoms with Gasteiger partial charge in [-0.15, -0.1) is 0 Å². The van der Waals surface area contributed by atoms with Gasteiger partial charge in [0, 0.05) is 30.7 Å². The molecule has 1 unspecified atom stereocenters. The number of benzene rings is 1. The fourth-order valence-corrected chi connectivity index (χ4v) is 3.92. The molecule has 0 amide bonds.